The van der Waals surface area contributed by atoms with Gasteiger partial charge in [-0.3, -0.25) is 0 Å². The van der Waals surface area contributed by atoms with Crippen LogP contribution >= 0.6 is 12.4 Å². The molecule has 2 aromatic carbocycles. The first-order valence-electron chi connectivity index (χ1n) is 7.61. The number of nitrogens with zero attached hydrogens (tertiary/aromatic N) is 2. The van der Waals surface area contributed by atoms with Gasteiger partial charge in [0.15, 0.2) is 0 Å². The molecule has 0 aliphatic rings. The first-order chi connectivity index (χ1) is 10.9. The Kier molecular flexibility index (Phi) is 4.99. The Morgan fingerprint density at radius 2 is 1.62 bits per heavy atom. The summed E-state index contributed by atoms with van der Waals surface area (Å²) in [5, 5.41) is 2.15. The number of rotatable bonds is 2. The highest BCUT2D eigenvalue weighted by Gasteiger charge is 2.19. The van der Waals surface area contributed by atoms with Crippen LogP contribution in [0.1, 0.15) is 26.5 Å². The summed E-state index contributed by atoms with van der Waals surface area (Å²) in [6, 6.07) is 14.1. The van der Waals surface area contributed by atoms with Crippen LogP contribution in [0.15, 0.2) is 42.5 Å². The molecule has 4 nitrogen and oxygen atoms in total. The molecule has 3 rings (SSSR count). The minimum atomic E-state index is -0.0892. The quantitative estimate of drug-likeness (QED) is 0.738. The Morgan fingerprint density at radius 3 is 2.25 bits per heavy atom. The summed E-state index contributed by atoms with van der Waals surface area (Å²) in [5.74, 6) is 1.15. The van der Waals surface area contributed by atoms with Gasteiger partial charge < -0.3 is 10.5 Å². The Balaban J connectivity index is 0.00000208. The molecule has 0 atom stereocenters. The van der Waals surface area contributed by atoms with Gasteiger partial charge in [0.1, 0.15) is 5.75 Å². The normalized spacial score (nSPS) is 11.2. The van der Waals surface area contributed by atoms with E-state index < -0.39 is 0 Å². The highest BCUT2D eigenvalue weighted by atomic mass is 35.5. The standard InChI is InChI=1S/C19H21N3O.ClH/c1-19(2,3)17-11-15(21-18(20)22-17)13-9-10-16(23-4)14-8-6-5-7-12(13)14;/h5-11H,1-4H3,(H2,20,21,22);1H. The van der Waals surface area contributed by atoms with Gasteiger partial charge in [-0.1, -0.05) is 45.0 Å². The third kappa shape index (κ3) is 3.29. The monoisotopic (exact) mass is 343 g/mol. The maximum Gasteiger partial charge on any atom is 0.220 e. The van der Waals surface area contributed by atoms with Crippen molar-refractivity contribution in [3.63, 3.8) is 0 Å². The van der Waals surface area contributed by atoms with Gasteiger partial charge in [-0.15, -0.1) is 12.4 Å². The largest absolute Gasteiger partial charge is 0.496 e. The first kappa shape index (κ1) is 18.0. The average molecular weight is 344 g/mol. The summed E-state index contributed by atoms with van der Waals surface area (Å²) in [5.41, 5.74) is 8.65. The second-order valence-corrected chi connectivity index (χ2v) is 6.61. The van der Waals surface area contributed by atoms with E-state index in [1.54, 1.807) is 7.11 Å². The number of anilines is 1. The molecule has 0 fully saturated rings. The maximum absolute atomic E-state index is 5.95. The molecule has 3 aromatic rings. The predicted molar refractivity (Wildman–Crippen MR) is 102 cm³/mol. The van der Waals surface area contributed by atoms with E-state index in [-0.39, 0.29) is 17.8 Å². The second kappa shape index (κ2) is 6.65. The molecule has 0 saturated carbocycles. The number of halogens is 1. The number of ether oxygens (including phenoxy) is 1. The zero-order valence-electron chi connectivity index (χ0n) is 14.3. The number of methoxy groups -OCH3 is 1. The molecule has 0 amide bonds. The van der Waals surface area contributed by atoms with Gasteiger partial charge in [0, 0.05) is 16.4 Å². The molecule has 126 valence electrons. The molecule has 1 heterocycles. The molecule has 0 bridgehead atoms. The maximum atomic E-state index is 5.95. The lowest BCUT2D eigenvalue weighted by Crippen LogP contribution is -2.15. The number of fused-ring (bicyclic) bond motifs is 1. The Labute approximate surface area is 148 Å². The van der Waals surface area contributed by atoms with Crippen molar-refractivity contribution in [2.24, 2.45) is 0 Å². The number of aromatic nitrogens is 2. The van der Waals surface area contributed by atoms with E-state index in [2.05, 4.69) is 36.8 Å². The Morgan fingerprint density at radius 1 is 0.958 bits per heavy atom. The van der Waals surface area contributed by atoms with Crippen LogP contribution in [0.5, 0.6) is 5.75 Å². The molecular weight excluding hydrogens is 322 g/mol. The third-order valence-electron chi connectivity index (χ3n) is 3.89. The molecule has 0 radical (unpaired) electrons. The van der Waals surface area contributed by atoms with Crippen LogP contribution < -0.4 is 10.5 Å². The summed E-state index contributed by atoms with van der Waals surface area (Å²) < 4.78 is 5.46. The fourth-order valence-corrected chi connectivity index (χ4v) is 2.66. The van der Waals surface area contributed by atoms with E-state index in [9.17, 15) is 0 Å². The van der Waals surface area contributed by atoms with E-state index >= 15 is 0 Å². The van der Waals surface area contributed by atoms with Crippen molar-refractivity contribution in [1.29, 1.82) is 0 Å². The van der Waals surface area contributed by atoms with Crippen molar-refractivity contribution < 1.29 is 4.74 Å². The molecule has 0 aliphatic heterocycles. The summed E-state index contributed by atoms with van der Waals surface area (Å²) in [7, 11) is 1.68. The molecule has 24 heavy (non-hydrogen) atoms. The third-order valence-corrected chi connectivity index (χ3v) is 3.89. The number of nitrogens with two attached hydrogens (primary N) is 1. The van der Waals surface area contributed by atoms with Crippen LogP contribution in [-0.2, 0) is 5.41 Å². The number of nitrogen functional groups attached to an aromatic ring is 1. The fraction of sp³-hybridized carbons (Fsp3) is 0.263. The topological polar surface area (TPSA) is 61.0 Å². The van der Waals surface area contributed by atoms with E-state index in [4.69, 9.17) is 10.5 Å². The van der Waals surface area contributed by atoms with Crippen molar-refractivity contribution in [3.05, 3.63) is 48.2 Å². The van der Waals surface area contributed by atoms with E-state index in [0.29, 0.717) is 5.95 Å². The molecule has 1 aromatic heterocycles. The van der Waals surface area contributed by atoms with Gasteiger partial charge in [-0.25, -0.2) is 9.97 Å². The lowest BCUT2D eigenvalue weighted by Gasteiger charge is -2.19. The van der Waals surface area contributed by atoms with Crippen molar-refractivity contribution >= 4 is 29.1 Å². The number of hydrogen-bond donors (Lipinski definition) is 1. The highest BCUT2D eigenvalue weighted by molar-refractivity contribution is 5.99. The van der Waals surface area contributed by atoms with Crippen molar-refractivity contribution in [2.45, 2.75) is 26.2 Å². The van der Waals surface area contributed by atoms with E-state index in [1.807, 2.05) is 36.4 Å². The molecule has 0 unspecified atom stereocenters. The van der Waals surface area contributed by atoms with Crippen LogP contribution in [0.2, 0.25) is 0 Å². The summed E-state index contributed by atoms with van der Waals surface area (Å²) >= 11 is 0. The number of hydrogen-bond acceptors (Lipinski definition) is 4. The minimum absolute atomic E-state index is 0. The second-order valence-electron chi connectivity index (χ2n) is 6.61. The molecular formula is C19H22ClN3O. The van der Waals surface area contributed by atoms with Crippen molar-refractivity contribution in [3.8, 4) is 17.0 Å². The van der Waals surface area contributed by atoms with Crippen molar-refractivity contribution in [2.75, 3.05) is 12.8 Å². The zero-order chi connectivity index (χ0) is 16.6. The minimum Gasteiger partial charge on any atom is -0.496 e. The fourth-order valence-electron chi connectivity index (χ4n) is 2.66. The number of benzene rings is 2. The lowest BCUT2D eigenvalue weighted by molar-refractivity contribution is 0.420. The Bertz CT molecular complexity index is 872. The van der Waals surface area contributed by atoms with Gasteiger partial charge >= 0.3 is 0 Å². The van der Waals surface area contributed by atoms with Crippen LogP contribution in [-0.4, -0.2) is 17.1 Å². The van der Waals surface area contributed by atoms with E-state index in [1.165, 1.54) is 0 Å². The van der Waals surface area contributed by atoms with Gasteiger partial charge in [0.25, 0.3) is 0 Å². The van der Waals surface area contributed by atoms with Gasteiger partial charge in [-0.05, 0) is 23.6 Å². The van der Waals surface area contributed by atoms with E-state index in [0.717, 1.165) is 33.5 Å². The van der Waals surface area contributed by atoms with Crippen molar-refractivity contribution in [1.82, 2.24) is 9.97 Å². The lowest BCUT2D eigenvalue weighted by atomic mass is 9.90. The van der Waals surface area contributed by atoms with Crippen LogP contribution in [0.25, 0.3) is 22.0 Å². The molecule has 0 aliphatic carbocycles. The molecule has 2 N–H and O–H groups in total. The highest BCUT2D eigenvalue weighted by Crippen LogP contribution is 2.35. The predicted octanol–water partition coefficient (Wildman–Crippen LogP) is 4.61. The SMILES string of the molecule is COc1ccc(-c2cc(C(C)(C)C)nc(N)n2)c2ccccc12.Cl. The van der Waals surface area contributed by atoms with Gasteiger partial charge in [-0.2, -0.15) is 0 Å². The Hall–Kier alpha value is -2.33. The van der Waals surface area contributed by atoms with Crippen LogP contribution in [0.4, 0.5) is 5.95 Å². The van der Waals surface area contributed by atoms with Gasteiger partial charge in [0.05, 0.1) is 18.5 Å². The first-order valence-corrected chi connectivity index (χ1v) is 7.61. The zero-order valence-corrected chi connectivity index (χ0v) is 15.1. The molecule has 5 heteroatoms. The smallest absolute Gasteiger partial charge is 0.220 e. The van der Waals surface area contributed by atoms with Crippen LogP contribution in [0.3, 0.4) is 0 Å². The van der Waals surface area contributed by atoms with Crippen LogP contribution in [0, 0.1) is 0 Å². The average Bonchev–Trinajstić information content (AvgIpc) is 2.52. The molecule has 0 saturated heterocycles. The molecule has 0 spiro atoms. The summed E-state index contributed by atoms with van der Waals surface area (Å²) in [4.78, 5) is 8.84. The van der Waals surface area contributed by atoms with Gasteiger partial charge in [0.2, 0.25) is 5.95 Å². The summed E-state index contributed by atoms with van der Waals surface area (Å²) in [6.45, 7) is 6.35. The summed E-state index contributed by atoms with van der Waals surface area (Å²) in [6.07, 6.45) is 0.